The van der Waals surface area contributed by atoms with Crippen molar-refractivity contribution in [2.45, 2.75) is 26.4 Å². The maximum atomic E-state index is 13.5. The molecule has 0 saturated heterocycles. The molecule has 1 amide bonds. The molecule has 126 valence electrons. The fourth-order valence-corrected chi connectivity index (χ4v) is 2.00. The van der Waals surface area contributed by atoms with Gasteiger partial charge in [-0.1, -0.05) is 24.3 Å². The summed E-state index contributed by atoms with van der Waals surface area (Å²) in [6.45, 7) is 2.99. The molecule has 4 nitrogen and oxygen atoms in total. The van der Waals surface area contributed by atoms with Crippen molar-refractivity contribution in [3.8, 4) is 0 Å². The number of ether oxygens (including phenoxy) is 1. The molecular formula is C18H17F2NO3. The van der Waals surface area contributed by atoms with Crippen molar-refractivity contribution < 1.29 is 23.1 Å². The van der Waals surface area contributed by atoms with Crippen LogP contribution in [0.4, 0.5) is 14.5 Å². The molecule has 0 aliphatic rings. The van der Waals surface area contributed by atoms with Crippen LogP contribution in [0.5, 0.6) is 0 Å². The molecule has 2 rings (SSSR count). The number of carbonyl (C=O) groups is 2. The average molecular weight is 333 g/mol. The van der Waals surface area contributed by atoms with Crippen LogP contribution in [0.3, 0.4) is 0 Å². The maximum Gasteiger partial charge on any atom is 0.311 e. The van der Waals surface area contributed by atoms with E-state index in [9.17, 15) is 18.4 Å². The third-order valence-electron chi connectivity index (χ3n) is 3.41. The zero-order chi connectivity index (χ0) is 17.7. The van der Waals surface area contributed by atoms with Crippen molar-refractivity contribution in [3.05, 3.63) is 65.2 Å². The van der Waals surface area contributed by atoms with E-state index in [1.807, 2.05) is 0 Å². The number of carbonyl (C=O) groups excluding carboxylic acids is 2. The van der Waals surface area contributed by atoms with Gasteiger partial charge in [0, 0.05) is 5.69 Å². The van der Waals surface area contributed by atoms with Gasteiger partial charge >= 0.3 is 5.97 Å². The maximum absolute atomic E-state index is 13.5. The summed E-state index contributed by atoms with van der Waals surface area (Å²) in [5.74, 6) is -2.28. The van der Waals surface area contributed by atoms with Crippen molar-refractivity contribution in [3.63, 3.8) is 0 Å². The third-order valence-corrected chi connectivity index (χ3v) is 3.41. The van der Waals surface area contributed by atoms with E-state index in [4.69, 9.17) is 4.74 Å². The summed E-state index contributed by atoms with van der Waals surface area (Å²) in [4.78, 5) is 23.8. The van der Waals surface area contributed by atoms with E-state index in [-0.39, 0.29) is 17.7 Å². The SMILES string of the molecule is Cc1ccc(NC(=O)[C@H](C)OC(=O)Cc2ccccc2F)cc1F. The highest BCUT2D eigenvalue weighted by Crippen LogP contribution is 2.14. The minimum atomic E-state index is -1.09. The first-order valence-corrected chi connectivity index (χ1v) is 7.36. The molecular weight excluding hydrogens is 316 g/mol. The van der Waals surface area contributed by atoms with E-state index in [2.05, 4.69) is 5.32 Å². The van der Waals surface area contributed by atoms with Crippen molar-refractivity contribution in [2.75, 3.05) is 5.32 Å². The lowest BCUT2D eigenvalue weighted by atomic mass is 10.1. The Morgan fingerprint density at radius 2 is 1.83 bits per heavy atom. The number of nitrogens with one attached hydrogen (secondary N) is 1. The molecule has 0 heterocycles. The second kappa shape index (κ2) is 7.68. The lowest BCUT2D eigenvalue weighted by molar-refractivity contribution is -0.152. The van der Waals surface area contributed by atoms with Gasteiger partial charge in [0.25, 0.3) is 5.91 Å². The van der Waals surface area contributed by atoms with E-state index in [0.717, 1.165) is 0 Å². The summed E-state index contributed by atoms with van der Waals surface area (Å²) in [5.41, 5.74) is 0.910. The second-order valence-corrected chi connectivity index (χ2v) is 5.35. The molecule has 0 saturated carbocycles. The first kappa shape index (κ1) is 17.6. The van der Waals surface area contributed by atoms with Crippen LogP contribution in [-0.2, 0) is 20.7 Å². The highest BCUT2D eigenvalue weighted by atomic mass is 19.1. The number of aryl methyl sites for hydroxylation is 1. The van der Waals surface area contributed by atoms with Gasteiger partial charge in [0.05, 0.1) is 6.42 Å². The molecule has 2 aromatic rings. The summed E-state index contributed by atoms with van der Waals surface area (Å²) in [5, 5.41) is 2.46. The van der Waals surface area contributed by atoms with Gasteiger partial charge in [-0.2, -0.15) is 0 Å². The smallest absolute Gasteiger partial charge is 0.311 e. The Kier molecular flexibility index (Phi) is 5.63. The molecule has 6 heteroatoms. The van der Waals surface area contributed by atoms with Crippen LogP contribution in [0.2, 0.25) is 0 Å². The van der Waals surface area contributed by atoms with Gasteiger partial charge in [0.2, 0.25) is 0 Å². The Morgan fingerprint density at radius 3 is 2.50 bits per heavy atom. The highest BCUT2D eigenvalue weighted by molar-refractivity contribution is 5.95. The Labute approximate surface area is 138 Å². The molecule has 1 N–H and O–H groups in total. The third kappa shape index (κ3) is 4.62. The number of anilines is 1. The predicted molar refractivity (Wildman–Crippen MR) is 85.4 cm³/mol. The van der Waals surface area contributed by atoms with E-state index in [1.165, 1.54) is 37.3 Å². The molecule has 0 radical (unpaired) electrons. The minimum Gasteiger partial charge on any atom is -0.452 e. The van der Waals surface area contributed by atoms with E-state index < -0.39 is 29.6 Å². The highest BCUT2D eigenvalue weighted by Gasteiger charge is 2.19. The van der Waals surface area contributed by atoms with Gasteiger partial charge in [0.1, 0.15) is 11.6 Å². The lowest BCUT2D eigenvalue weighted by Gasteiger charge is -2.14. The van der Waals surface area contributed by atoms with Gasteiger partial charge in [-0.05, 0) is 43.2 Å². The number of halogens is 2. The summed E-state index contributed by atoms with van der Waals surface area (Å²) < 4.78 is 31.9. The summed E-state index contributed by atoms with van der Waals surface area (Å²) >= 11 is 0. The van der Waals surface area contributed by atoms with Gasteiger partial charge in [-0.15, -0.1) is 0 Å². The molecule has 0 spiro atoms. The molecule has 0 bridgehead atoms. The van der Waals surface area contributed by atoms with Crippen LogP contribution >= 0.6 is 0 Å². The average Bonchev–Trinajstić information content (AvgIpc) is 2.53. The summed E-state index contributed by atoms with van der Waals surface area (Å²) in [7, 11) is 0. The number of hydrogen-bond acceptors (Lipinski definition) is 3. The molecule has 0 fully saturated rings. The lowest BCUT2D eigenvalue weighted by Crippen LogP contribution is -2.30. The van der Waals surface area contributed by atoms with Crippen LogP contribution in [0.25, 0.3) is 0 Å². The zero-order valence-corrected chi connectivity index (χ0v) is 13.3. The number of amides is 1. The molecule has 0 aromatic heterocycles. The second-order valence-electron chi connectivity index (χ2n) is 5.35. The topological polar surface area (TPSA) is 55.4 Å². The quantitative estimate of drug-likeness (QED) is 0.854. The van der Waals surface area contributed by atoms with Crippen LogP contribution < -0.4 is 5.32 Å². The van der Waals surface area contributed by atoms with Crippen LogP contribution in [0.15, 0.2) is 42.5 Å². The van der Waals surface area contributed by atoms with Gasteiger partial charge in [-0.25, -0.2) is 8.78 Å². The van der Waals surface area contributed by atoms with Gasteiger partial charge in [-0.3, -0.25) is 9.59 Å². The number of hydrogen-bond donors (Lipinski definition) is 1. The van der Waals surface area contributed by atoms with Gasteiger partial charge < -0.3 is 10.1 Å². The normalized spacial score (nSPS) is 11.7. The summed E-state index contributed by atoms with van der Waals surface area (Å²) in [6, 6.07) is 10.1. The minimum absolute atomic E-state index is 0.190. The zero-order valence-electron chi connectivity index (χ0n) is 13.3. The standard InChI is InChI=1S/C18H17F2NO3/c1-11-7-8-14(10-16(11)20)21-18(23)12(2)24-17(22)9-13-5-3-4-6-15(13)19/h3-8,10,12H,9H2,1-2H3,(H,21,23)/t12-/m0/s1. The van der Waals surface area contributed by atoms with E-state index >= 15 is 0 Å². The number of rotatable bonds is 5. The number of esters is 1. The van der Waals surface area contributed by atoms with Crippen molar-refractivity contribution in [2.24, 2.45) is 0 Å². The van der Waals surface area contributed by atoms with Crippen LogP contribution in [-0.4, -0.2) is 18.0 Å². The van der Waals surface area contributed by atoms with E-state index in [1.54, 1.807) is 19.1 Å². The van der Waals surface area contributed by atoms with Crippen molar-refractivity contribution in [1.82, 2.24) is 0 Å². The Hall–Kier alpha value is -2.76. The molecule has 24 heavy (non-hydrogen) atoms. The first-order valence-electron chi connectivity index (χ1n) is 7.36. The molecule has 1 atom stereocenters. The predicted octanol–water partition coefficient (Wildman–Crippen LogP) is 3.39. The van der Waals surface area contributed by atoms with Crippen molar-refractivity contribution in [1.29, 1.82) is 0 Å². The first-order chi connectivity index (χ1) is 11.4. The Balaban J connectivity index is 1.92. The molecule has 0 aliphatic heterocycles. The Morgan fingerprint density at radius 1 is 1.12 bits per heavy atom. The fourth-order valence-electron chi connectivity index (χ4n) is 2.00. The molecule has 0 unspecified atom stereocenters. The summed E-state index contributed by atoms with van der Waals surface area (Å²) in [6.07, 6.45) is -1.36. The van der Waals surface area contributed by atoms with Crippen LogP contribution in [0.1, 0.15) is 18.1 Å². The Bertz CT molecular complexity index is 762. The molecule has 0 aliphatic carbocycles. The van der Waals surface area contributed by atoms with E-state index in [0.29, 0.717) is 5.56 Å². The van der Waals surface area contributed by atoms with Crippen LogP contribution in [0, 0.1) is 18.6 Å². The largest absolute Gasteiger partial charge is 0.452 e. The molecule has 2 aromatic carbocycles. The van der Waals surface area contributed by atoms with Gasteiger partial charge in [0.15, 0.2) is 6.10 Å². The number of benzene rings is 2. The van der Waals surface area contributed by atoms with Crippen molar-refractivity contribution >= 4 is 17.6 Å². The fraction of sp³-hybridized carbons (Fsp3) is 0.222. The monoisotopic (exact) mass is 333 g/mol.